The van der Waals surface area contributed by atoms with Crippen molar-refractivity contribution in [3.05, 3.63) is 29.3 Å². The first-order chi connectivity index (χ1) is 10.3. The minimum atomic E-state index is -4.30. The van der Waals surface area contributed by atoms with Crippen LogP contribution < -0.4 is 14.6 Å². The number of benzene rings is 1. The van der Waals surface area contributed by atoms with Crippen molar-refractivity contribution < 1.29 is 22.5 Å². The molecule has 0 aliphatic heterocycles. The van der Waals surface area contributed by atoms with E-state index in [1.54, 1.807) is 6.07 Å². The number of amides is 1. The maximum absolute atomic E-state index is 11.7. The van der Waals surface area contributed by atoms with Gasteiger partial charge >= 0.3 is 10.3 Å². The third-order valence-electron chi connectivity index (χ3n) is 2.40. The lowest BCUT2D eigenvalue weighted by atomic mass is 10.1. The van der Waals surface area contributed by atoms with Crippen LogP contribution in [-0.4, -0.2) is 26.0 Å². The fourth-order valence-corrected chi connectivity index (χ4v) is 1.85. The lowest BCUT2D eigenvalue weighted by molar-refractivity contribution is -0.117. The van der Waals surface area contributed by atoms with Gasteiger partial charge in [-0.05, 0) is 30.2 Å². The zero-order chi connectivity index (χ0) is 16.8. The number of nitrogens with zero attached hydrogens (tertiary/aromatic N) is 1. The Labute approximate surface area is 128 Å². The molecular weight excluding hydrogens is 310 g/mol. The Morgan fingerprint density at radius 2 is 2.23 bits per heavy atom. The van der Waals surface area contributed by atoms with Crippen molar-refractivity contribution in [3.8, 4) is 17.6 Å². The van der Waals surface area contributed by atoms with Crippen LogP contribution in [-0.2, 0) is 15.1 Å². The number of phenolic OH excluding ortho intramolecular Hbond substituents is 1. The van der Waals surface area contributed by atoms with Gasteiger partial charge < -0.3 is 14.6 Å². The van der Waals surface area contributed by atoms with E-state index in [2.05, 4.69) is 9.50 Å². The van der Waals surface area contributed by atoms with Gasteiger partial charge in [0.15, 0.2) is 11.5 Å². The van der Waals surface area contributed by atoms with E-state index in [0.29, 0.717) is 12.1 Å². The van der Waals surface area contributed by atoms with Crippen LogP contribution in [0.1, 0.15) is 18.9 Å². The highest BCUT2D eigenvalue weighted by atomic mass is 32.2. The van der Waals surface area contributed by atoms with Crippen LogP contribution >= 0.6 is 0 Å². The Hall–Kier alpha value is -2.57. The second kappa shape index (κ2) is 7.44. The molecule has 1 aromatic carbocycles. The zero-order valence-electron chi connectivity index (χ0n) is 11.7. The predicted octanol–water partition coefficient (Wildman–Crippen LogP) is 0.408. The Kier molecular flexibility index (Phi) is 5.91. The maximum atomic E-state index is 11.7. The normalized spacial score (nSPS) is 11.6. The van der Waals surface area contributed by atoms with E-state index in [1.165, 1.54) is 12.1 Å². The van der Waals surface area contributed by atoms with Gasteiger partial charge in [-0.25, -0.2) is 0 Å². The molecule has 118 valence electrons. The van der Waals surface area contributed by atoms with E-state index in [0.717, 1.165) is 18.6 Å². The molecule has 1 rings (SSSR count). The fourth-order valence-electron chi connectivity index (χ4n) is 1.46. The molecule has 0 aliphatic rings. The molecule has 0 bridgehead atoms. The highest BCUT2D eigenvalue weighted by Crippen LogP contribution is 2.28. The Morgan fingerprint density at radius 3 is 2.77 bits per heavy atom. The molecular formula is C13H15N3O5S. The maximum Gasteiger partial charge on any atom is 0.380 e. The summed E-state index contributed by atoms with van der Waals surface area (Å²) in [5, 5.41) is 25.8. The third kappa shape index (κ3) is 5.43. The van der Waals surface area contributed by atoms with E-state index in [4.69, 9.17) is 10.4 Å². The van der Waals surface area contributed by atoms with Crippen molar-refractivity contribution in [2.24, 2.45) is 5.14 Å². The van der Waals surface area contributed by atoms with Gasteiger partial charge in [-0.15, -0.1) is 0 Å². The molecule has 0 aliphatic carbocycles. The molecule has 9 heteroatoms. The molecule has 8 nitrogen and oxygen atoms in total. The van der Waals surface area contributed by atoms with E-state index >= 15 is 0 Å². The van der Waals surface area contributed by atoms with E-state index in [9.17, 15) is 18.3 Å². The Balaban J connectivity index is 3.11. The topological polar surface area (TPSA) is 143 Å². The van der Waals surface area contributed by atoms with Gasteiger partial charge in [-0.2, -0.15) is 18.8 Å². The van der Waals surface area contributed by atoms with Crippen molar-refractivity contribution in [1.82, 2.24) is 5.32 Å². The van der Waals surface area contributed by atoms with Crippen molar-refractivity contribution in [1.29, 1.82) is 5.26 Å². The summed E-state index contributed by atoms with van der Waals surface area (Å²) in [6.45, 7) is 2.29. The summed E-state index contributed by atoms with van der Waals surface area (Å²) >= 11 is 0. The van der Waals surface area contributed by atoms with Crippen molar-refractivity contribution in [2.45, 2.75) is 13.3 Å². The molecule has 1 aromatic rings. The number of hydrogen-bond acceptors (Lipinski definition) is 6. The number of hydrogen-bond donors (Lipinski definition) is 3. The molecule has 0 saturated carbocycles. The number of carbonyl (C=O) groups is 1. The number of nitrogens with two attached hydrogens (primary N) is 1. The van der Waals surface area contributed by atoms with Crippen LogP contribution in [0.4, 0.5) is 0 Å². The van der Waals surface area contributed by atoms with Crippen LogP contribution in [0.5, 0.6) is 11.5 Å². The van der Waals surface area contributed by atoms with Crippen molar-refractivity contribution in [2.75, 3.05) is 6.54 Å². The third-order valence-corrected chi connectivity index (χ3v) is 2.81. The van der Waals surface area contributed by atoms with E-state index in [1.807, 2.05) is 6.92 Å². The summed E-state index contributed by atoms with van der Waals surface area (Å²) < 4.78 is 26.2. The van der Waals surface area contributed by atoms with Gasteiger partial charge in [-0.3, -0.25) is 4.79 Å². The summed E-state index contributed by atoms with van der Waals surface area (Å²) in [6, 6.07) is 5.43. The minimum absolute atomic E-state index is 0.166. The fraction of sp³-hybridized carbons (Fsp3) is 0.231. The van der Waals surface area contributed by atoms with Gasteiger partial charge in [-0.1, -0.05) is 13.0 Å². The second-order valence-electron chi connectivity index (χ2n) is 4.23. The van der Waals surface area contributed by atoms with Crippen LogP contribution in [0.2, 0.25) is 0 Å². The standard InChI is InChI=1S/C13H15N3O5S/c1-2-5-16-13(18)10(8-14)6-9-3-4-11(17)12(7-9)21-22(15,19)20/h3-4,6-7,17H,2,5H2,1H3,(H,16,18)(H2,15,19,20)/b10-6+. The van der Waals surface area contributed by atoms with Gasteiger partial charge in [0.2, 0.25) is 0 Å². The number of rotatable bonds is 6. The van der Waals surface area contributed by atoms with Crippen LogP contribution in [0.15, 0.2) is 23.8 Å². The predicted molar refractivity (Wildman–Crippen MR) is 78.7 cm³/mol. The first-order valence-electron chi connectivity index (χ1n) is 6.22. The molecule has 0 atom stereocenters. The number of carbonyl (C=O) groups excluding carboxylic acids is 1. The molecule has 4 N–H and O–H groups in total. The number of phenols is 1. The highest BCUT2D eigenvalue weighted by molar-refractivity contribution is 7.84. The van der Waals surface area contributed by atoms with E-state index < -0.39 is 27.7 Å². The average Bonchev–Trinajstić information content (AvgIpc) is 2.44. The summed E-state index contributed by atoms with van der Waals surface area (Å²) in [5.41, 5.74) is 0.125. The Morgan fingerprint density at radius 1 is 1.55 bits per heavy atom. The molecule has 0 radical (unpaired) electrons. The summed E-state index contributed by atoms with van der Waals surface area (Å²) in [7, 11) is -4.30. The van der Waals surface area contributed by atoms with Gasteiger partial charge in [0.05, 0.1) is 0 Å². The van der Waals surface area contributed by atoms with Gasteiger partial charge in [0, 0.05) is 6.54 Å². The molecule has 0 aromatic heterocycles. The van der Waals surface area contributed by atoms with Crippen LogP contribution in [0.3, 0.4) is 0 Å². The monoisotopic (exact) mass is 325 g/mol. The molecule has 0 unspecified atom stereocenters. The second-order valence-corrected chi connectivity index (χ2v) is 5.38. The van der Waals surface area contributed by atoms with Gasteiger partial charge in [0.25, 0.3) is 5.91 Å². The van der Waals surface area contributed by atoms with Crippen LogP contribution in [0.25, 0.3) is 6.08 Å². The zero-order valence-corrected chi connectivity index (χ0v) is 12.6. The minimum Gasteiger partial charge on any atom is -0.504 e. The molecule has 0 saturated heterocycles. The smallest absolute Gasteiger partial charge is 0.380 e. The summed E-state index contributed by atoms with van der Waals surface area (Å²) in [5.74, 6) is -1.39. The first-order valence-corrected chi connectivity index (χ1v) is 7.69. The average molecular weight is 325 g/mol. The molecule has 0 spiro atoms. The number of nitrogens with one attached hydrogen (secondary N) is 1. The molecule has 0 fully saturated rings. The molecule has 0 heterocycles. The summed E-state index contributed by atoms with van der Waals surface area (Å²) in [4.78, 5) is 11.7. The molecule has 1 amide bonds. The van der Waals surface area contributed by atoms with E-state index in [-0.39, 0.29) is 5.57 Å². The van der Waals surface area contributed by atoms with Crippen molar-refractivity contribution in [3.63, 3.8) is 0 Å². The SMILES string of the molecule is CCCNC(=O)/C(C#N)=C/c1ccc(O)c(OS(N)(=O)=O)c1. The molecule has 22 heavy (non-hydrogen) atoms. The lowest BCUT2D eigenvalue weighted by Crippen LogP contribution is -2.25. The number of nitriles is 1. The van der Waals surface area contributed by atoms with Crippen LogP contribution in [0, 0.1) is 11.3 Å². The first kappa shape index (κ1) is 17.5. The number of aromatic hydroxyl groups is 1. The Bertz CT molecular complexity index is 735. The largest absolute Gasteiger partial charge is 0.504 e. The van der Waals surface area contributed by atoms with Gasteiger partial charge in [0.1, 0.15) is 11.6 Å². The highest BCUT2D eigenvalue weighted by Gasteiger charge is 2.12. The summed E-state index contributed by atoms with van der Waals surface area (Å²) in [6.07, 6.45) is 1.95. The quantitative estimate of drug-likeness (QED) is 0.510. The lowest BCUT2D eigenvalue weighted by Gasteiger charge is -2.06. The van der Waals surface area contributed by atoms with Crippen molar-refractivity contribution >= 4 is 22.3 Å².